The molecule has 0 N–H and O–H groups in total. The van der Waals surface area contributed by atoms with Crippen LogP contribution >= 0.6 is 11.3 Å². The van der Waals surface area contributed by atoms with Crippen molar-refractivity contribution in [3.63, 3.8) is 0 Å². The lowest BCUT2D eigenvalue weighted by molar-refractivity contribution is 0.124. The van der Waals surface area contributed by atoms with Crippen molar-refractivity contribution >= 4 is 28.5 Å². The topological polar surface area (TPSA) is 53.3 Å². The molecule has 0 aromatic carbocycles. The largest absolute Gasteiger partial charge is 0.381 e. The highest BCUT2D eigenvalue weighted by molar-refractivity contribution is 7.17. The Hall–Kier alpha value is -1.73. The Morgan fingerprint density at radius 2 is 1.81 bits per heavy atom. The third-order valence-corrected chi connectivity index (χ3v) is 7.54. The van der Waals surface area contributed by atoms with Crippen LogP contribution < -0.4 is 4.90 Å². The molecule has 4 heterocycles. The van der Waals surface area contributed by atoms with Crippen LogP contribution in [0.25, 0.3) is 0 Å². The van der Waals surface area contributed by atoms with Crippen LogP contribution in [0.5, 0.6) is 0 Å². The highest BCUT2D eigenvalue weighted by atomic mass is 32.1. The SMILES string of the molecule is CC.CCc1nc(N2CCCOCCC2)sc1C1=NC2C(C)=CN(C(CC)CC)C2C=N1. The van der Waals surface area contributed by atoms with E-state index in [-0.39, 0.29) is 12.1 Å². The van der Waals surface area contributed by atoms with E-state index in [4.69, 9.17) is 19.7 Å². The maximum Gasteiger partial charge on any atom is 0.186 e. The summed E-state index contributed by atoms with van der Waals surface area (Å²) in [7, 11) is 0. The van der Waals surface area contributed by atoms with Crippen LogP contribution in [0.4, 0.5) is 5.13 Å². The quantitative estimate of drug-likeness (QED) is 0.577. The molecule has 4 rings (SSSR count). The second-order valence-corrected chi connectivity index (χ2v) is 9.37. The van der Waals surface area contributed by atoms with Crippen molar-refractivity contribution in [1.82, 2.24) is 9.88 Å². The summed E-state index contributed by atoms with van der Waals surface area (Å²) in [6, 6.07) is 0.980. The van der Waals surface area contributed by atoms with E-state index in [0.29, 0.717) is 6.04 Å². The maximum absolute atomic E-state index is 5.60. The van der Waals surface area contributed by atoms with Crippen molar-refractivity contribution in [2.24, 2.45) is 9.98 Å². The van der Waals surface area contributed by atoms with Gasteiger partial charge >= 0.3 is 0 Å². The molecule has 2 atom stereocenters. The summed E-state index contributed by atoms with van der Waals surface area (Å²) in [5.74, 6) is 0.867. The number of thiazole rings is 1. The summed E-state index contributed by atoms with van der Waals surface area (Å²) in [5, 5.41) is 1.11. The molecule has 1 aromatic rings. The van der Waals surface area contributed by atoms with Gasteiger partial charge in [0.1, 0.15) is 6.04 Å². The summed E-state index contributed by atoms with van der Waals surface area (Å²) >= 11 is 1.76. The first-order valence-corrected chi connectivity index (χ1v) is 13.4. The predicted molar refractivity (Wildman–Crippen MR) is 138 cm³/mol. The Labute approximate surface area is 198 Å². The molecular formula is C25H41N5OS. The first-order valence-electron chi connectivity index (χ1n) is 12.6. The number of amidine groups is 1. The van der Waals surface area contributed by atoms with Gasteiger partial charge in [-0.15, -0.1) is 0 Å². The lowest BCUT2D eigenvalue weighted by atomic mass is 10.0. The van der Waals surface area contributed by atoms with Crippen LogP contribution in [-0.4, -0.2) is 66.4 Å². The summed E-state index contributed by atoms with van der Waals surface area (Å²) < 4.78 is 5.60. The number of nitrogens with zero attached hydrogens (tertiary/aromatic N) is 5. The Morgan fingerprint density at radius 1 is 1.12 bits per heavy atom. The van der Waals surface area contributed by atoms with Crippen molar-refractivity contribution in [2.75, 3.05) is 31.2 Å². The van der Waals surface area contributed by atoms with E-state index in [2.05, 4.69) is 49.9 Å². The number of ether oxygens (including phenoxy) is 1. The average molecular weight is 460 g/mol. The number of fused-ring (bicyclic) bond motifs is 1. The molecule has 2 unspecified atom stereocenters. The van der Waals surface area contributed by atoms with Gasteiger partial charge in [0.05, 0.1) is 16.6 Å². The van der Waals surface area contributed by atoms with Crippen LogP contribution in [0.15, 0.2) is 21.8 Å². The Morgan fingerprint density at radius 3 is 2.44 bits per heavy atom. The molecule has 0 radical (unpaired) electrons. The van der Waals surface area contributed by atoms with E-state index in [0.717, 1.165) is 79.9 Å². The molecule has 0 spiro atoms. The zero-order valence-corrected chi connectivity index (χ0v) is 21.6. The molecule has 1 saturated heterocycles. The first-order chi connectivity index (χ1) is 15.7. The monoisotopic (exact) mass is 459 g/mol. The fourth-order valence-electron chi connectivity index (χ4n) is 4.66. The normalized spacial score (nSPS) is 23.2. The highest BCUT2D eigenvalue weighted by Gasteiger charge is 2.37. The van der Waals surface area contributed by atoms with E-state index in [1.54, 1.807) is 11.3 Å². The fraction of sp³-hybridized carbons (Fsp3) is 0.720. The molecule has 0 bridgehead atoms. The molecule has 3 aliphatic rings. The van der Waals surface area contributed by atoms with Crippen molar-refractivity contribution in [3.8, 4) is 0 Å². The van der Waals surface area contributed by atoms with Crippen LogP contribution in [0.2, 0.25) is 0 Å². The third kappa shape index (κ3) is 5.25. The summed E-state index contributed by atoms with van der Waals surface area (Å²) in [4.78, 5) is 21.0. The van der Waals surface area contributed by atoms with Crippen LogP contribution in [-0.2, 0) is 11.2 Å². The van der Waals surface area contributed by atoms with Crippen molar-refractivity contribution in [3.05, 3.63) is 22.3 Å². The molecule has 1 fully saturated rings. The standard InChI is InChI=1S/C23H35N5OS.C2H6/c1-5-17(6-2)28-15-16(4)20-19(28)14-24-22(26-20)21-18(7-3)25-23(30-21)27-10-8-12-29-13-9-11-27;1-2/h14-15,17,19-20H,5-13H2,1-4H3;1-2H3. The predicted octanol–water partition coefficient (Wildman–Crippen LogP) is 5.32. The van der Waals surface area contributed by atoms with Gasteiger partial charge in [-0.1, -0.05) is 46.0 Å². The summed E-state index contributed by atoms with van der Waals surface area (Å²) in [6.45, 7) is 16.6. The molecule has 6 nitrogen and oxygen atoms in total. The molecule has 7 heteroatoms. The third-order valence-electron chi connectivity index (χ3n) is 6.39. The molecule has 32 heavy (non-hydrogen) atoms. The van der Waals surface area contributed by atoms with Gasteiger partial charge in [0.15, 0.2) is 11.0 Å². The van der Waals surface area contributed by atoms with Gasteiger partial charge in [0, 0.05) is 44.8 Å². The van der Waals surface area contributed by atoms with Crippen molar-refractivity contribution < 1.29 is 4.74 Å². The minimum atomic E-state index is 0.173. The Balaban J connectivity index is 0.00000141. The number of aliphatic imine (C=N–C) groups is 2. The number of rotatable bonds is 6. The van der Waals surface area contributed by atoms with E-state index in [1.165, 1.54) is 5.57 Å². The van der Waals surface area contributed by atoms with Crippen molar-refractivity contribution in [1.29, 1.82) is 0 Å². The summed E-state index contributed by atoms with van der Waals surface area (Å²) in [5.41, 5.74) is 2.46. The van der Waals surface area contributed by atoms with Gasteiger partial charge in [-0.3, -0.25) is 4.99 Å². The first kappa shape index (κ1) is 24.9. The average Bonchev–Trinajstić information content (AvgIpc) is 3.37. The Kier molecular flexibility index (Phi) is 9.29. The van der Waals surface area contributed by atoms with Gasteiger partial charge in [0.2, 0.25) is 0 Å². The number of aromatic nitrogens is 1. The second-order valence-electron chi connectivity index (χ2n) is 8.39. The van der Waals surface area contributed by atoms with Gasteiger partial charge in [-0.05, 0) is 44.6 Å². The number of hydrogen-bond acceptors (Lipinski definition) is 7. The van der Waals surface area contributed by atoms with Crippen LogP contribution in [0.1, 0.15) is 77.8 Å². The lowest BCUT2D eigenvalue weighted by Gasteiger charge is -2.33. The summed E-state index contributed by atoms with van der Waals surface area (Å²) in [6.07, 6.45) is 9.74. The van der Waals surface area contributed by atoms with E-state index < -0.39 is 0 Å². The number of anilines is 1. The number of hydrogen-bond donors (Lipinski definition) is 0. The molecule has 0 aliphatic carbocycles. The fourth-order valence-corrected chi connectivity index (χ4v) is 5.82. The van der Waals surface area contributed by atoms with Gasteiger partial charge in [-0.2, -0.15) is 0 Å². The highest BCUT2D eigenvalue weighted by Crippen LogP contribution is 2.34. The van der Waals surface area contributed by atoms with E-state index >= 15 is 0 Å². The molecular weight excluding hydrogens is 418 g/mol. The van der Waals surface area contributed by atoms with Crippen molar-refractivity contribution in [2.45, 2.75) is 91.8 Å². The zero-order chi connectivity index (χ0) is 23.1. The second kappa shape index (κ2) is 11.9. The number of aryl methyl sites for hydroxylation is 1. The smallest absolute Gasteiger partial charge is 0.186 e. The van der Waals surface area contributed by atoms with Gasteiger partial charge in [-0.25, -0.2) is 9.98 Å². The molecule has 3 aliphatic heterocycles. The van der Waals surface area contributed by atoms with Crippen LogP contribution in [0.3, 0.4) is 0 Å². The minimum absolute atomic E-state index is 0.173. The molecule has 0 saturated carbocycles. The lowest BCUT2D eigenvalue weighted by Crippen LogP contribution is -2.43. The zero-order valence-electron chi connectivity index (χ0n) is 20.8. The minimum Gasteiger partial charge on any atom is -0.381 e. The van der Waals surface area contributed by atoms with E-state index in [9.17, 15) is 0 Å². The van der Waals surface area contributed by atoms with Gasteiger partial charge in [0.25, 0.3) is 0 Å². The molecule has 1 aromatic heterocycles. The van der Waals surface area contributed by atoms with Crippen LogP contribution in [0, 0.1) is 0 Å². The maximum atomic E-state index is 5.60. The van der Waals surface area contributed by atoms with E-state index in [1.807, 2.05) is 13.8 Å². The van der Waals surface area contributed by atoms with Gasteiger partial charge < -0.3 is 14.5 Å². The molecule has 178 valence electrons. The Bertz CT molecular complexity index is 818. The molecule has 0 amide bonds.